The largest absolute Gasteiger partial charge is 0.350 e. The minimum absolute atomic E-state index is 0.0223. The molecule has 4 aromatic rings. The van der Waals surface area contributed by atoms with Crippen LogP contribution >= 0.6 is 0 Å². The van der Waals surface area contributed by atoms with E-state index in [0.29, 0.717) is 36.3 Å². The first-order chi connectivity index (χ1) is 15.8. The number of hydrogen-bond acceptors (Lipinski definition) is 3. The molecule has 1 aliphatic heterocycles. The first kappa shape index (κ1) is 21.3. The van der Waals surface area contributed by atoms with Crippen molar-refractivity contribution in [3.8, 4) is 0 Å². The average molecular weight is 454 g/mol. The molecule has 0 spiro atoms. The van der Waals surface area contributed by atoms with Gasteiger partial charge in [0, 0.05) is 42.3 Å². The summed E-state index contributed by atoms with van der Waals surface area (Å²) < 4.78 is 41.9. The van der Waals surface area contributed by atoms with Gasteiger partial charge < -0.3 is 20.2 Å². The second-order valence-electron chi connectivity index (χ2n) is 8.28. The van der Waals surface area contributed by atoms with Crippen molar-refractivity contribution in [2.24, 2.45) is 0 Å². The molecule has 0 unspecified atom stereocenters. The van der Waals surface area contributed by atoms with Gasteiger partial charge in [0.15, 0.2) is 11.6 Å². The number of aryl methyl sites for hydroxylation is 1. The van der Waals surface area contributed by atoms with Crippen LogP contribution in [0.5, 0.6) is 0 Å². The zero-order valence-electron chi connectivity index (χ0n) is 18.0. The fourth-order valence-electron chi connectivity index (χ4n) is 4.69. The van der Waals surface area contributed by atoms with Crippen LogP contribution in [0.2, 0.25) is 0 Å². The number of H-pyrrole nitrogens is 2. The van der Waals surface area contributed by atoms with Crippen LogP contribution in [0.3, 0.4) is 0 Å². The van der Waals surface area contributed by atoms with Gasteiger partial charge >= 0.3 is 0 Å². The molecule has 3 N–H and O–H groups in total. The van der Waals surface area contributed by atoms with Gasteiger partial charge in [0.2, 0.25) is 0 Å². The normalized spacial score (nSPS) is 15.7. The Kier molecular flexibility index (Phi) is 5.01. The summed E-state index contributed by atoms with van der Waals surface area (Å²) in [7, 11) is 1.60. The number of carbonyl (C=O) groups excluding carboxylic acids is 1. The molecule has 2 aromatic carbocycles. The van der Waals surface area contributed by atoms with Crippen LogP contribution in [0.25, 0.3) is 21.7 Å². The first-order valence-corrected chi connectivity index (χ1v) is 10.6. The van der Waals surface area contributed by atoms with Gasteiger partial charge in [0.1, 0.15) is 11.5 Å². The Morgan fingerprint density at radius 2 is 1.76 bits per heavy atom. The highest BCUT2D eigenvalue weighted by atomic mass is 19.2. The van der Waals surface area contributed by atoms with E-state index < -0.39 is 23.2 Å². The SMILES string of the molecule is CCc1cc(F)cc2[nH]c(C(=O)N(C)[C@@H]3CNCc4[nH]c(=O)c5cc(F)c(F)cc5c43)cc12. The third kappa shape index (κ3) is 3.39. The zero-order valence-corrected chi connectivity index (χ0v) is 18.0. The van der Waals surface area contributed by atoms with Gasteiger partial charge in [-0.25, -0.2) is 13.2 Å². The predicted molar refractivity (Wildman–Crippen MR) is 119 cm³/mol. The van der Waals surface area contributed by atoms with E-state index >= 15 is 0 Å². The summed E-state index contributed by atoms with van der Waals surface area (Å²) in [5.74, 6) is -2.91. The molecule has 170 valence electrons. The van der Waals surface area contributed by atoms with Crippen LogP contribution in [0.4, 0.5) is 13.2 Å². The van der Waals surface area contributed by atoms with Crippen molar-refractivity contribution in [1.82, 2.24) is 20.2 Å². The van der Waals surface area contributed by atoms with E-state index in [4.69, 9.17) is 0 Å². The molecule has 0 saturated heterocycles. The molecule has 1 atom stereocenters. The Bertz CT molecular complexity index is 1490. The number of fused-ring (bicyclic) bond motifs is 4. The highest BCUT2D eigenvalue weighted by Gasteiger charge is 2.31. The smallest absolute Gasteiger partial charge is 0.270 e. The summed E-state index contributed by atoms with van der Waals surface area (Å²) in [5.41, 5.74) is 2.15. The Hall–Kier alpha value is -3.59. The fourth-order valence-corrected chi connectivity index (χ4v) is 4.69. The van der Waals surface area contributed by atoms with E-state index in [0.717, 1.165) is 23.1 Å². The molecule has 0 saturated carbocycles. The number of nitrogens with zero attached hydrogens (tertiary/aromatic N) is 1. The Morgan fingerprint density at radius 1 is 1.03 bits per heavy atom. The van der Waals surface area contributed by atoms with Gasteiger partial charge in [-0.2, -0.15) is 0 Å². The van der Waals surface area contributed by atoms with Gasteiger partial charge in [0.05, 0.1) is 11.4 Å². The molecule has 1 amide bonds. The lowest BCUT2D eigenvalue weighted by atomic mass is 9.93. The van der Waals surface area contributed by atoms with Gasteiger partial charge in [-0.15, -0.1) is 0 Å². The second kappa shape index (κ2) is 7.77. The lowest BCUT2D eigenvalue weighted by Gasteiger charge is -2.34. The topological polar surface area (TPSA) is 81.0 Å². The number of rotatable bonds is 3. The molecule has 6 nitrogen and oxygen atoms in total. The predicted octanol–water partition coefficient (Wildman–Crippen LogP) is 3.91. The van der Waals surface area contributed by atoms with Crippen LogP contribution in [-0.2, 0) is 13.0 Å². The number of halogens is 3. The second-order valence-corrected chi connectivity index (χ2v) is 8.28. The summed E-state index contributed by atoms with van der Waals surface area (Å²) in [4.78, 5) is 33.1. The molecule has 5 rings (SSSR count). The van der Waals surface area contributed by atoms with Crippen molar-refractivity contribution < 1.29 is 18.0 Å². The molecule has 0 aliphatic carbocycles. The number of aromatic nitrogens is 2. The van der Waals surface area contributed by atoms with Crippen LogP contribution in [0.1, 0.15) is 40.3 Å². The number of benzene rings is 2. The summed E-state index contributed by atoms with van der Waals surface area (Å²) in [6.45, 7) is 2.58. The quantitative estimate of drug-likeness (QED) is 0.439. The van der Waals surface area contributed by atoms with Crippen molar-refractivity contribution in [2.45, 2.75) is 25.9 Å². The number of pyridine rings is 1. The van der Waals surface area contributed by atoms with E-state index in [9.17, 15) is 22.8 Å². The monoisotopic (exact) mass is 454 g/mol. The highest BCUT2D eigenvalue weighted by Crippen LogP contribution is 2.33. The van der Waals surface area contributed by atoms with Crippen molar-refractivity contribution >= 4 is 27.6 Å². The molecule has 1 aliphatic rings. The van der Waals surface area contributed by atoms with Gasteiger partial charge in [-0.3, -0.25) is 9.59 Å². The summed E-state index contributed by atoms with van der Waals surface area (Å²) in [6, 6.07) is 5.82. The van der Waals surface area contributed by atoms with Crippen LogP contribution < -0.4 is 10.9 Å². The molecule has 2 aromatic heterocycles. The third-order valence-electron chi connectivity index (χ3n) is 6.35. The fraction of sp³-hybridized carbons (Fsp3) is 0.250. The van der Waals surface area contributed by atoms with E-state index in [1.165, 1.54) is 17.0 Å². The van der Waals surface area contributed by atoms with Crippen molar-refractivity contribution in [2.75, 3.05) is 13.6 Å². The molecule has 0 bridgehead atoms. The molecule has 0 radical (unpaired) electrons. The molecule has 9 heteroatoms. The van der Waals surface area contributed by atoms with Crippen LogP contribution in [-0.4, -0.2) is 34.4 Å². The standard InChI is InChI=1S/C24H21F3N4O2/c1-3-11-4-12(25)5-18-13(11)8-19(29-18)24(33)31(2)21-10-28-9-20-22(21)14-6-16(26)17(27)7-15(14)23(32)30-20/h4-8,21,28-29H,3,9-10H2,1-2H3,(H,30,32)/t21-/m1/s1. The number of likely N-dealkylation sites (N-methyl/N-ethyl adjacent to an activating group) is 1. The van der Waals surface area contributed by atoms with Crippen molar-refractivity contribution in [3.05, 3.63) is 80.7 Å². The summed E-state index contributed by atoms with van der Waals surface area (Å²) in [5, 5.41) is 4.22. The molecular weight excluding hydrogens is 433 g/mol. The minimum atomic E-state index is -1.11. The maximum Gasteiger partial charge on any atom is 0.270 e. The van der Waals surface area contributed by atoms with E-state index in [1.54, 1.807) is 13.1 Å². The Labute approximate surface area is 186 Å². The number of nitrogens with one attached hydrogen (secondary N) is 3. The van der Waals surface area contributed by atoms with E-state index in [1.807, 2.05) is 6.92 Å². The molecule has 3 heterocycles. The first-order valence-electron chi connectivity index (χ1n) is 10.6. The molecule has 33 heavy (non-hydrogen) atoms. The number of hydrogen-bond donors (Lipinski definition) is 3. The van der Waals surface area contributed by atoms with Crippen LogP contribution in [0, 0.1) is 17.5 Å². The van der Waals surface area contributed by atoms with Gasteiger partial charge in [-0.05, 0) is 47.7 Å². The molecule has 0 fully saturated rings. The van der Waals surface area contributed by atoms with Gasteiger partial charge in [0.25, 0.3) is 11.5 Å². The average Bonchev–Trinajstić information content (AvgIpc) is 3.22. The number of aromatic amines is 2. The van der Waals surface area contributed by atoms with Crippen molar-refractivity contribution in [3.63, 3.8) is 0 Å². The molecular formula is C24H21F3N4O2. The minimum Gasteiger partial charge on any atom is -0.350 e. The lowest BCUT2D eigenvalue weighted by Crippen LogP contribution is -2.42. The van der Waals surface area contributed by atoms with E-state index in [-0.39, 0.29) is 28.2 Å². The van der Waals surface area contributed by atoms with Crippen molar-refractivity contribution in [1.29, 1.82) is 0 Å². The third-order valence-corrected chi connectivity index (χ3v) is 6.35. The van der Waals surface area contributed by atoms with Crippen LogP contribution in [0.15, 0.2) is 35.1 Å². The lowest BCUT2D eigenvalue weighted by molar-refractivity contribution is 0.0718. The maximum absolute atomic E-state index is 14.1. The van der Waals surface area contributed by atoms with Gasteiger partial charge in [-0.1, -0.05) is 6.92 Å². The van der Waals surface area contributed by atoms with E-state index in [2.05, 4.69) is 15.3 Å². The highest BCUT2D eigenvalue weighted by molar-refractivity contribution is 5.99. The number of carbonyl (C=O) groups is 1. The summed E-state index contributed by atoms with van der Waals surface area (Å²) in [6.07, 6.45) is 0.608. The number of amides is 1. The Morgan fingerprint density at radius 3 is 2.48 bits per heavy atom. The zero-order chi connectivity index (χ0) is 23.4. The summed E-state index contributed by atoms with van der Waals surface area (Å²) >= 11 is 0. The Balaban J connectivity index is 1.61. The maximum atomic E-state index is 14.1.